The molecule has 66 valence electrons. The fourth-order valence-electron chi connectivity index (χ4n) is 0.285. The lowest BCUT2D eigenvalue weighted by molar-refractivity contribution is -0.153. The molecule has 0 amide bonds. The fourth-order valence-corrected chi connectivity index (χ4v) is 0.417. The molecule has 0 rings (SSSR count). The van der Waals surface area contributed by atoms with Crippen molar-refractivity contribution in [3.05, 3.63) is 0 Å². The third kappa shape index (κ3) is 5.06. The van der Waals surface area contributed by atoms with E-state index in [-0.39, 0.29) is 0 Å². The van der Waals surface area contributed by atoms with Crippen molar-refractivity contribution < 1.29 is 22.7 Å². The van der Waals surface area contributed by atoms with E-state index in [1.165, 1.54) is 0 Å². The molecule has 0 radical (unpaired) electrons. The number of esters is 1. The number of rotatable bonds is 2. The molecule has 2 nitrogen and oxygen atoms in total. The molecule has 0 fully saturated rings. The number of hydrogen-bond acceptors (Lipinski definition) is 2. The molecule has 0 saturated carbocycles. The lowest BCUT2D eigenvalue weighted by Gasteiger charge is -2.12. The molecule has 0 saturated heterocycles. The molecule has 0 aliphatic carbocycles. The van der Waals surface area contributed by atoms with Crippen LogP contribution in [0.15, 0.2) is 0 Å². The van der Waals surface area contributed by atoms with E-state index in [1.54, 1.807) is 0 Å². The number of halogens is 4. The van der Waals surface area contributed by atoms with Crippen molar-refractivity contribution in [1.82, 2.24) is 0 Å². The standard InChI is InChI=1S/C5H6BrF3O2/c1-3(10)11-2-4(6)5(7,8)9/h4H,2H2,1H3/t4-/m0/s1. The first-order valence-corrected chi connectivity index (χ1v) is 3.59. The second kappa shape index (κ2) is 3.94. The maximum atomic E-state index is 11.7. The van der Waals surface area contributed by atoms with Crippen LogP contribution < -0.4 is 0 Å². The van der Waals surface area contributed by atoms with E-state index in [0.717, 1.165) is 6.92 Å². The summed E-state index contributed by atoms with van der Waals surface area (Å²) in [5.74, 6) is -0.723. The number of alkyl halides is 4. The van der Waals surface area contributed by atoms with Gasteiger partial charge < -0.3 is 4.74 Å². The molecule has 0 aromatic heterocycles. The molecule has 0 bridgehead atoms. The maximum Gasteiger partial charge on any atom is 0.404 e. The van der Waals surface area contributed by atoms with E-state index in [2.05, 4.69) is 20.7 Å². The summed E-state index contributed by atoms with van der Waals surface area (Å²) >= 11 is 2.32. The first kappa shape index (κ1) is 10.7. The third-order valence-electron chi connectivity index (χ3n) is 0.788. The van der Waals surface area contributed by atoms with Gasteiger partial charge in [0.15, 0.2) is 0 Å². The van der Waals surface area contributed by atoms with Crippen LogP contribution >= 0.6 is 15.9 Å². The SMILES string of the molecule is CC(=O)OC[C@H](Br)C(F)(F)F. The second-order valence-corrected chi connectivity index (χ2v) is 2.92. The molecule has 0 aromatic carbocycles. The van der Waals surface area contributed by atoms with Crippen molar-refractivity contribution in [1.29, 1.82) is 0 Å². The Bertz CT molecular complexity index is 145. The molecule has 1 atom stereocenters. The van der Waals surface area contributed by atoms with Crippen LogP contribution in [0.1, 0.15) is 6.92 Å². The van der Waals surface area contributed by atoms with Gasteiger partial charge in [-0.1, -0.05) is 15.9 Å². The molecule has 0 aliphatic heterocycles. The Hall–Kier alpha value is -0.260. The van der Waals surface area contributed by atoms with E-state index < -0.39 is 23.6 Å². The first-order valence-electron chi connectivity index (χ1n) is 2.68. The number of ether oxygens (including phenoxy) is 1. The van der Waals surface area contributed by atoms with Gasteiger partial charge in [-0.05, 0) is 0 Å². The monoisotopic (exact) mass is 234 g/mol. The minimum absolute atomic E-state index is 0.682. The summed E-state index contributed by atoms with van der Waals surface area (Å²) in [5, 5.41) is 0. The predicted octanol–water partition coefficient (Wildman–Crippen LogP) is 1.88. The Labute approximate surface area is 69.8 Å². The Morgan fingerprint density at radius 3 is 2.36 bits per heavy atom. The summed E-state index contributed by atoms with van der Waals surface area (Å²) in [4.78, 5) is 8.29. The van der Waals surface area contributed by atoms with E-state index in [4.69, 9.17) is 0 Å². The van der Waals surface area contributed by atoms with E-state index in [1.807, 2.05) is 0 Å². The minimum atomic E-state index is -4.37. The first-order chi connectivity index (χ1) is 4.84. The van der Waals surface area contributed by atoms with Crippen LogP contribution in [0.5, 0.6) is 0 Å². The fraction of sp³-hybridized carbons (Fsp3) is 0.800. The van der Waals surface area contributed by atoms with Gasteiger partial charge in [0.05, 0.1) is 0 Å². The highest BCUT2D eigenvalue weighted by molar-refractivity contribution is 9.09. The molecule has 0 N–H and O–H groups in total. The minimum Gasteiger partial charge on any atom is -0.464 e. The van der Waals surface area contributed by atoms with E-state index >= 15 is 0 Å². The van der Waals surface area contributed by atoms with Gasteiger partial charge >= 0.3 is 12.1 Å². The Kier molecular flexibility index (Phi) is 3.85. The van der Waals surface area contributed by atoms with Gasteiger partial charge in [0.1, 0.15) is 11.4 Å². The summed E-state index contributed by atoms with van der Waals surface area (Å²) in [6.07, 6.45) is -4.37. The molecule has 0 spiro atoms. The quantitative estimate of drug-likeness (QED) is 0.539. The van der Waals surface area contributed by atoms with Gasteiger partial charge in [0.25, 0.3) is 0 Å². The Morgan fingerprint density at radius 2 is 2.09 bits per heavy atom. The van der Waals surface area contributed by atoms with Crippen molar-refractivity contribution in [2.45, 2.75) is 17.9 Å². The van der Waals surface area contributed by atoms with Gasteiger partial charge in [-0.3, -0.25) is 4.79 Å². The highest BCUT2D eigenvalue weighted by Crippen LogP contribution is 2.26. The number of carbonyl (C=O) groups is 1. The average molecular weight is 235 g/mol. The summed E-state index contributed by atoms with van der Waals surface area (Å²) in [7, 11) is 0. The molecule has 0 unspecified atom stereocenters. The molecular formula is C5H6BrF3O2. The Morgan fingerprint density at radius 1 is 1.64 bits per heavy atom. The molecule has 0 heterocycles. The molecular weight excluding hydrogens is 229 g/mol. The van der Waals surface area contributed by atoms with Crippen molar-refractivity contribution in [3.8, 4) is 0 Å². The molecule has 11 heavy (non-hydrogen) atoms. The topological polar surface area (TPSA) is 26.3 Å². The van der Waals surface area contributed by atoms with E-state index in [9.17, 15) is 18.0 Å². The Balaban J connectivity index is 3.70. The van der Waals surface area contributed by atoms with Crippen LogP contribution in [-0.4, -0.2) is 23.6 Å². The summed E-state index contributed by atoms with van der Waals surface area (Å²) in [5.41, 5.74) is 0. The summed E-state index contributed by atoms with van der Waals surface area (Å²) in [6, 6.07) is 0. The highest BCUT2D eigenvalue weighted by atomic mass is 79.9. The smallest absolute Gasteiger partial charge is 0.404 e. The number of carbonyl (C=O) groups excluding carboxylic acids is 1. The lowest BCUT2D eigenvalue weighted by atomic mass is 10.4. The van der Waals surface area contributed by atoms with Crippen LogP contribution in [0.2, 0.25) is 0 Å². The van der Waals surface area contributed by atoms with Crippen molar-refractivity contribution in [2.24, 2.45) is 0 Å². The van der Waals surface area contributed by atoms with Crippen LogP contribution in [-0.2, 0) is 9.53 Å². The predicted molar refractivity (Wildman–Crippen MR) is 35.4 cm³/mol. The zero-order valence-electron chi connectivity index (χ0n) is 5.61. The van der Waals surface area contributed by atoms with Crippen LogP contribution in [0.4, 0.5) is 13.2 Å². The van der Waals surface area contributed by atoms with Gasteiger partial charge in [-0.2, -0.15) is 13.2 Å². The van der Waals surface area contributed by atoms with Gasteiger partial charge in [-0.25, -0.2) is 0 Å². The summed E-state index contributed by atoms with van der Waals surface area (Å²) in [6.45, 7) is 0.370. The molecule has 0 aliphatic rings. The van der Waals surface area contributed by atoms with E-state index in [0.29, 0.717) is 0 Å². The largest absolute Gasteiger partial charge is 0.464 e. The van der Waals surface area contributed by atoms with Gasteiger partial charge in [0.2, 0.25) is 0 Å². The van der Waals surface area contributed by atoms with Crippen molar-refractivity contribution in [3.63, 3.8) is 0 Å². The van der Waals surface area contributed by atoms with Gasteiger partial charge in [-0.15, -0.1) is 0 Å². The molecule has 0 aromatic rings. The zero-order valence-corrected chi connectivity index (χ0v) is 7.20. The van der Waals surface area contributed by atoms with Crippen molar-refractivity contribution in [2.75, 3.05) is 6.61 Å². The van der Waals surface area contributed by atoms with Crippen LogP contribution in [0.25, 0.3) is 0 Å². The van der Waals surface area contributed by atoms with Crippen LogP contribution in [0, 0.1) is 0 Å². The second-order valence-electron chi connectivity index (χ2n) is 1.81. The highest BCUT2D eigenvalue weighted by Gasteiger charge is 2.38. The average Bonchev–Trinajstić information content (AvgIpc) is 1.80. The van der Waals surface area contributed by atoms with Crippen LogP contribution in [0.3, 0.4) is 0 Å². The third-order valence-corrected chi connectivity index (χ3v) is 1.57. The maximum absolute atomic E-state index is 11.7. The molecule has 6 heteroatoms. The van der Waals surface area contributed by atoms with Crippen molar-refractivity contribution >= 4 is 21.9 Å². The summed E-state index contributed by atoms with van der Waals surface area (Å²) < 4.78 is 39.1. The zero-order chi connectivity index (χ0) is 9.07. The lowest BCUT2D eigenvalue weighted by Crippen LogP contribution is -2.28. The normalized spacial score (nSPS) is 14.3. The van der Waals surface area contributed by atoms with Gasteiger partial charge in [0, 0.05) is 6.92 Å². The number of hydrogen-bond donors (Lipinski definition) is 0.